The van der Waals surface area contributed by atoms with E-state index in [1.807, 2.05) is 0 Å². The lowest BCUT2D eigenvalue weighted by Gasteiger charge is -2.68. The first kappa shape index (κ1) is 46.5. The molecule has 0 radical (unpaired) electrons. The summed E-state index contributed by atoms with van der Waals surface area (Å²) in [6, 6.07) is 23.4. The zero-order chi connectivity index (χ0) is 46.4. The van der Waals surface area contributed by atoms with Gasteiger partial charge in [-0.2, -0.15) is 0 Å². The van der Waals surface area contributed by atoms with Crippen molar-refractivity contribution in [2.75, 3.05) is 13.7 Å². The van der Waals surface area contributed by atoms with Gasteiger partial charge >= 0.3 is 17.9 Å². The first-order chi connectivity index (χ1) is 30.3. The van der Waals surface area contributed by atoms with Gasteiger partial charge < -0.3 is 39.2 Å². The van der Waals surface area contributed by atoms with Gasteiger partial charge in [0.2, 0.25) is 5.91 Å². The molecule has 7 rings (SSSR count). The fraction of sp³-hybridized carbons (Fsp3) is 0.480. The number of amides is 1. The monoisotopic (exact) mass is 879 g/mol. The number of hydrogen-bond donors (Lipinski definition) is 3. The number of Topliss-reactive ketones (excluding diaryl/α,β-unsaturated/α-hetero) is 2. The standard InChI is InChI=1S/C50H57NO13/c1-8-33(52)24-37(53)51-39(30-18-12-9-13-19-30)40(54)46(58)62-34-26-50(59)43(63-44(56)31-20-14-10-15-21-31)41-48(6,42(55)29(3)38(28(34)2)47(50,4)5)35(60-7)25-36-49(41,27-61-36)64-45(57)32-22-16-11-17-23-32/h9-23,29,34-36,39-41,43,54,59H,8,24-27H2,1-7H3,(H,51,53)/t29-,34+,35+,36-,39+,40-,41+,43+,48-,49+,50-/m1/s1. The molecule has 11 atom stereocenters. The van der Waals surface area contributed by atoms with Gasteiger partial charge in [-0.15, -0.1) is 0 Å². The number of nitrogens with one attached hydrogen (secondary N) is 1. The molecular formula is C50H57NO13. The van der Waals surface area contributed by atoms with Crippen LogP contribution in [0, 0.1) is 22.7 Å². The molecule has 3 aromatic carbocycles. The Balaban J connectivity index is 1.37. The van der Waals surface area contributed by atoms with E-state index in [2.05, 4.69) is 5.32 Å². The smallest absolute Gasteiger partial charge is 0.338 e. The van der Waals surface area contributed by atoms with Crippen molar-refractivity contribution >= 4 is 35.4 Å². The second-order valence-corrected chi connectivity index (χ2v) is 18.3. The predicted octanol–water partition coefficient (Wildman–Crippen LogP) is 5.44. The van der Waals surface area contributed by atoms with Crippen LogP contribution in [-0.2, 0) is 42.9 Å². The first-order valence-electron chi connectivity index (χ1n) is 21.8. The highest BCUT2D eigenvalue weighted by molar-refractivity contribution is 5.98. The Hall–Kier alpha value is -5.54. The van der Waals surface area contributed by atoms with Gasteiger partial charge in [0.15, 0.2) is 11.7 Å². The third-order valence-corrected chi connectivity index (χ3v) is 14.5. The van der Waals surface area contributed by atoms with Gasteiger partial charge in [0.25, 0.3) is 0 Å². The molecule has 3 aliphatic carbocycles. The first-order valence-corrected chi connectivity index (χ1v) is 21.8. The minimum Gasteiger partial charge on any atom is -0.456 e. The van der Waals surface area contributed by atoms with E-state index in [4.69, 9.17) is 23.7 Å². The fourth-order valence-electron chi connectivity index (χ4n) is 11.0. The van der Waals surface area contributed by atoms with Crippen LogP contribution in [0.15, 0.2) is 102 Å². The van der Waals surface area contributed by atoms with E-state index >= 15 is 4.79 Å². The van der Waals surface area contributed by atoms with Gasteiger partial charge in [0, 0.05) is 37.7 Å². The number of rotatable bonds is 13. The molecule has 0 unspecified atom stereocenters. The molecule has 4 aliphatic rings. The highest BCUT2D eigenvalue weighted by Gasteiger charge is 2.78. The van der Waals surface area contributed by atoms with Crippen LogP contribution in [0.25, 0.3) is 0 Å². The minimum atomic E-state index is -2.20. The van der Waals surface area contributed by atoms with Crippen molar-refractivity contribution in [1.82, 2.24) is 5.32 Å². The fourth-order valence-corrected chi connectivity index (χ4v) is 11.0. The topological polar surface area (TPSA) is 201 Å². The number of aliphatic hydroxyl groups excluding tert-OH is 1. The molecule has 0 spiro atoms. The molecule has 1 heterocycles. The highest BCUT2D eigenvalue weighted by atomic mass is 16.6. The average Bonchev–Trinajstić information content (AvgIpc) is 3.28. The summed E-state index contributed by atoms with van der Waals surface area (Å²) in [6.45, 7) is 9.99. The summed E-state index contributed by atoms with van der Waals surface area (Å²) < 4.78 is 31.6. The normalized spacial score (nSPS) is 31.3. The number of carbonyl (C=O) groups excluding carboxylic acids is 6. The molecule has 3 fully saturated rings. The van der Waals surface area contributed by atoms with Gasteiger partial charge in [0.1, 0.15) is 35.5 Å². The Bertz CT molecular complexity index is 2310. The van der Waals surface area contributed by atoms with E-state index in [-0.39, 0.29) is 42.1 Å². The Morgan fingerprint density at radius 1 is 0.875 bits per heavy atom. The van der Waals surface area contributed by atoms with Crippen molar-refractivity contribution in [2.45, 2.75) is 115 Å². The molecule has 3 aromatic rings. The van der Waals surface area contributed by atoms with Crippen molar-refractivity contribution in [1.29, 1.82) is 0 Å². The quantitative estimate of drug-likeness (QED) is 0.0849. The maximum absolute atomic E-state index is 15.7. The molecule has 2 bridgehead atoms. The molecule has 2 saturated carbocycles. The van der Waals surface area contributed by atoms with Crippen molar-refractivity contribution in [3.8, 4) is 0 Å². The molecule has 1 amide bonds. The molecule has 3 N–H and O–H groups in total. The predicted molar refractivity (Wildman–Crippen MR) is 230 cm³/mol. The second kappa shape index (κ2) is 17.8. The molecule has 340 valence electrons. The van der Waals surface area contributed by atoms with E-state index in [0.717, 1.165) is 0 Å². The summed E-state index contributed by atoms with van der Waals surface area (Å²) in [4.78, 5) is 83.9. The van der Waals surface area contributed by atoms with Crippen molar-refractivity contribution in [3.63, 3.8) is 0 Å². The summed E-state index contributed by atoms with van der Waals surface area (Å²) in [5.74, 6) is -6.39. The molecule has 64 heavy (non-hydrogen) atoms. The zero-order valence-corrected chi connectivity index (χ0v) is 37.2. The maximum Gasteiger partial charge on any atom is 0.338 e. The summed E-state index contributed by atoms with van der Waals surface area (Å²) in [5.41, 5.74) is -5.25. The van der Waals surface area contributed by atoms with E-state index in [1.165, 1.54) is 7.11 Å². The van der Waals surface area contributed by atoms with Crippen molar-refractivity contribution in [3.05, 3.63) is 119 Å². The van der Waals surface area contributed by atoms with Gasteiger partial charge in [0.05, 0.1) is 47.6 Å². The maximum atomic E-state index is 15.7. The lowest BCUT2D eigenvalue weighted by Crippen LogP contribution is -2.81. The largest absolute Gasteiger partial charge is 0.456 e. The van der Waals surface area contributed by atoms with Crippen molar-refractivity contribution in [2.24, 2.45) is 22.7 Å². The number of aliphatic hydroxyl groups is 2. The average molecular weight is 880 g/mol. The van der Waals surface area contributed by atoms with E-state index in [9.17, 15) is 34.2 Å². The van der Waals surface area contributed by atoms with Gasteiger partial charge in [-0.3, -0.25) is 14.4 Å². The van der Waals surface area contributed by atoms with Crippen LogP contribution < -0.4 is 5.32 Å². The van der Waals surface area contributed by atoms with Crippen LogP contribution in [0.4, 0.5) is 0 Å². The van der Waals surface area contributed by atoms with E-state index < -0.39 is 107 Å². The number of fused-ring (bicyclic) bond motifs is 5. The van der Waals surface area contributed by atoms with Crippen LogP contribution in [0.5, 0.6) is 0 Å². The highest BCUT2D eigenvalue weighted by Crippen LogP contribution is 2.65. The van der Waals surface area contributed by atoms with Crippen molar-refractivity contribution < 1.29 is 62.7 Å². The lowest BCUT2D eigenvalue weighted by molar-refractivity contribution is -0.342. The summed E-state index contributed by atoms with van der Waals surface area (Å²) in [6.07, 6.45) is -7.33. The minimum absolute atomic E-state index is 0.113. The molecule has 14 nitrogen and oxygen atoms in total. The van der Waals surface area contributed by atoms with Gasteiger partial charge in [-0.05, 0) is 54.8 Å². The Morgan fingerprint density at radius 2 is 1.45 bits per heavy atom. The van der Waals surface area contributed by atoms with Crippen LogP contribution in [0.1, 0.15) is 99.5 Å². The number of benzene rings is 3. The number of carbonyl (C=O) groups is 6. The van der Waals surface area contributed by atoms with Crippen LogP contribution >= 0.6 is 0 Å². The molecule has 1 aliphatic heterocycles. The van der Waals surface area contributed by atoms with Crippen LogP contribution in [0.3, 0.4) is 0 Å². The molecule has 14 heteroatoms. The Kier molecular flexibility index (Phi) is 12.9. The number of esters is 3. The third-order valence-electron chi connectivity index (χ3n) is 14.5. The SMILES string of the molecule is CCC(=O)CC(=O)N[C@@H](c1ccccc1)[C@@H](O)C(=O)O[C@H]1C[C@@]2(O)[C@@H](OC(=O)c3ccccc3)[C@@H]3[C@]4(OC(=O)c5ccccc5)CO[C@@H]4C[C@H](OC)[C@@]3(C)C(=O)[C@H](C)C(=C1C)C2(C)C. The molecule has 1 saturated heterocycles. The van der Waals surface area contributed by atoms with Gasteiger partial charge in [-0.1, -0.05) is 94.4 Å². The Labute approximate surface area is 372 Å². The third kappa shape index (κ3) is 7.77. The number of ether oxygens (including phenoxy) is 5. The van der Waals surface area contributed by atoms with E-state index in [0.29, 0.717) is 16.7 Å². The van der Waals surface area contributed by atoms with Crippen LogP contribution in [-0.4, -0.2) is 101 Å². The molecular weight excluding hydrogens is 823 g/mol. The van der Waals surface area contributed by atoms with E-state index in [1.54, 1.807) is 133 Å². The number of ketones is 2. The Morgan fingerprint density at radius 3 is 2.00 bits per heavy atom. The summed E-state index contributed by atoms with van der Waals surface area (Å²) in [7, 11) is 1.47. The van der Waals surface area contributed by atoms with Gasteiger partial charge in [-0.25, -0.2) is 14.4 Å². The van der Waals surface area contributed by atoms with Crippen LogP contribution in [0.2, 0.25) is 0 Å². The number of methoxy groups -OCH3 is 1. The second-order valence-electron chi connectivity index (χ2n) is 18.3. The zero-order valence-electron chi connectivity index (χ0n) is 37.2. The number of hydrogen-bond acceptors (Lipinski definition) is 13. The lowest BCUT2D eigenvalue weighted by atomic mass is 9.43. The molecule has 0 aromatic heterocycles. The summed E-state index contributed by atoms with van der Waals surface area (Å²) in [5, 5.41) is 28.2. The summed E-state index contributed by atoms with van der Waals surface area (Å²) >= 11 is 0.